The van der Waals surface area contributed by atoms with Gasteiger partial charge in [-0.15, -0.1) is 0 Å². The summed E-state index contributed by atoms with van der Waals surface area (Å²) in [6.07, 6.45) is 6.46. The Hall–Kier alpha value is -1.75. The molecule has 0 bridgehead atoms. The van der Waals surface area contributed by atoms with Gasteiger partial charge in [-0.1, -0.05) is 13.8 Å². The Morgan fingerprint density at radius 3 is 2.71 bits per heavy atom. The first-order chi connectivity index (χ1) is 7.97. The number of hydrogen-bond acceptors (Lipinski definition) is 3. The van der Waals surface area contributed by atoms with E-state index in [0.717, 1.165) is 11.4 Å². The number of allylic oxidation sites excluding steroid dienone is 2. The van der Waals surface area contributed by atoms with Crippen LogP contribution in [-0.4, -0.2) is 33.5 Å². The summed E-state index contributed by atoms with van der Waals surface area (Å²) in [5.74, 6) is 0.273. The molecule has 1 unspecified atom stereocenters. The van der Waals surface area contributed by atoms with Gasteiger partial charge in [0.2, 0.25) is 6.34 Å². The van der Waals surface area contributed by atoms with Crippen molar-refractivity contribution in [1.29, 1.82) is 0 Å². The number of quaternary nitrogens is 1. The maximum atomic E-state index is 12.5. The van der Waals surface area contributed by atoms with Crippen molar-refractivity contribution in [3.05, 3.63) is 30.1 Å². The molecule has 0 spiro atoms. The number of amides is 1. The fraction of sp³-hybridized carbons (Fsp3) is 0.417. The summed E-state index contributed by atoms with van der Waals surface area (Å²) in [4.78, 5) is 20.7. The number of aliphatic imine (C=N–C) groups is 1. The monoisotopic (exact) mass is 233 g/mol. The lowest BCUT2D eigenvalue weighted by Crippen LogP contribution is -2.49. The lowest BCUT2D eigenvalue weighted by Gasteiger charge is -2.27. The van der Waals surface area contributed by atoms with Crippen molar-refractivity contribution in [3.8, 4) is 0 Å². The average molecular weight is 233 g/mol. The molecule has 0 fully saturated rings. The number of aromatic nitrogens is 2. The highest BCUT2D eigenvalue weighted by Gasteiger charge is 2.43. The van der Waals surface area contributed by atoms with Crippen molar-refractivity contribution in [3.63, 3.8) is 0 Å². The summed E-state index contributed by atoms with van der Waals surface area (Å²) < 4.78 is 1.59. The van der Waals surface area contributed by atoms with Crippen LogP contribution in [0, 0.1) is 5.92 Å². The number of hydrogen-bond donors (Lipinski definition) is 0. The molecule has 1 aliphatic heterocycles. The van der Waals surface area contributed by atoms with E-state index in [9.17, 15) is 4.79 Å². The minimum atomic E-state index is -0.0631. The molecule has 2 rings (SSSR count). The predicted molar refractivity (Wildman–Crippen MR) is 65.2 cm³/mol. The summed E-state index contributed by atoms with van der Waals surface area (Å²) in [6.45, 7) is 6.09. The van der Waals surface area contributed by atoms with E-state index in [4.69, 9.17) is 0 Å². The number of carbonyl (C=O) groups is 1. The highest BCUT2D eigenvalue weighted by atomic mass is 16.2. The van der Waals surface area contributed by atoms with Gasteiger partial charge in [0.25, 0.3) is 0 Å². The molecule has 1 aromatic rings. The fourth-order valence-electron chi connectivity index (χ4n) is 2.39. The summed E-state index contributed by atoms with van der Waals surface area (Å²) in [7, 11) is 1.86. The van der Waals surface area contributed by atoms with Crippen LogP contribution in [0.1, 0.15) is 20.8 Å². The molecule has 17 heavy (non-hydrogen) atoms. The van der Waals surface area contributed by atoms with Gasteiger partial charge in [0.1, 0.15) is 17.7 Å². The molecule has 1 aromatic heterocycles. The Morgan fingerprint density at radius 1 is 1.47 bits per heavy atom. The molecule has 1 aliphatic rings. The molecule has 5 heteroatoms. The highest BCUT2D eigenvalue weighted by molar-refractivity contribution is 5.80. The van der Waals surface area contributed by atoms with E-state index in [1.54, 1.807) is 18.7 Å². The van der Waals surface area contributed by atoms with Gasteiger partial charge in [-0.2, -0.15) is 4.48 Å². The van der Waals surface area contributed by atoms with Crippen LogP contribution in [-0.2, 0) is 0 Å². The maximum absolute atomic E-state index is 12.5. The standard InChI is InChI=1S/C12H17N4O/c1-9(2)11-10(3)14-8-16(11,4)12(17)15-6-5-13-7-15/h5-9H,1-4H3/q+1. The molecule has 2 heterocycles. The van der Waals surface area contributed by atoms with Gasteiger partial charge >= 0.3 is 6.03 Å². The summed E-state index contributed by atoms with van der Waals surface area (Å²) in [6, 6.07) is -0.0631. The van der Waals surface area contributed by atoms with Crippen LogP contribution in [0.25, 0.3) is 0 Å². The normalized spacial score (nSPS) is 23.8. The van der Waals surface area contributed by atoms with Gasteiger partial charge in [-0.3, -0.25) is 0 Å². The third-order valence-corrected chi connectivity index (χ3v) is 3.02. The Labute approximate surface area is 101 Å². The van der Waals surface area contributed by atoms with Crippen molar-refractivity contribution in [2.45, 2.75) is 20.8 Å². The average Bonchev–Trinajstić information content (AvgIpc) is 2.86. The van der Waals surface area contributed by atoms with E-state index in [1.807, 2.05) is 14.0 Å². The number of rotatable bonds is 1. The van der Waals surface area contributed by atoms with Crippen LogP contribution in [0.5, 0.6) is 0 Å². The first-order valence-electron chi connectivity index (χ1n) is 5.62. The molecule has 0 N–H and O–H groups in total. The van der Waals surface area contributed by atoms with Gasteiger partial charge < -0.3 is 0 Å². The molecular weight excluding hydrogens is 216 g/mol. The van der Waals surface area contributed by atoms with Crippen molar-refractivity contribution < 1.29 is 9.28 Å². The Balaban J connectivity index is 2.44. The summed E-state index contributed by atoms with van der Waals surface area (Å²) >= 11 is 0. The van der Waals surface area contributed by atoms with Gasteiger partial charge in [0.15, 0.2) is 0 Å². The SMILES string of the molecule is CC1=C(C(C)C)[N+](C)(C(=O)n2ccnc2)C=N1. The van der Waals surface area contributed by atoms with E-state index in [0.29, 0.717) is 0 Å². The topological polar surface area (TPSA) is 47.2 Å². The number of imidazole rings is 1. The van der Waals surface area contributed by atoms with Gasteiger partial charge in [-0.25, -0.2) is 19.3 Å². The van der Waals surface area contributed by atoms with Crippen LogP contribution in [0.2, 0.25) is 0 Å². The third-order valence-electron chi connectivity index (χ3n) is 3.02. The van der Waals surface area contributed by atoms with Crippen molar-refractivity contribution >= 4 is 12.4 Å². The molecule has 5 nitrogen and oxygen atoms in total. The second-order valence-electron chi connectivity index (χ2n) is 4.70. The van der Waals surface area contributed by atoms with Crippen LogP contribution < -0.4 is 0 Å². The zero-order valence-corrected chi connectivity index (χ0v) is 10.6. The van der Waals surface area contributed by atoms with Crippen LogP contribution in [0.15, 0.2) is 35.1 Å². The lowest BCUT2D eigenvalue weighted by molar-refractivity contribution is -0.686. The maximum Gasteiger partial charge on any atom is 0.439 e. The largest absolute Gasteiger partial charge is 0.439 e. The van der Waals surface area contributed by atoms with Gasteiger partial charge in [-0.05, 0) is 6.92 Å². The van der Waals surface area contributed by atoms with Gasteiger partial charge in [0.05, 0.1) is 7.05 Å². The van der Waals surface area contributed by atoms with E-state index in [2.05, 4.69) is 23.8 Å². The summed E-state index contributed by atoms with van der Waals surface area (Å²) in [5, 5.41) is 0. The second kappa shape index (κ2) is 3.92. The predicted octanol–water partition coefficient (Wildman–Crippen LogP) is 2.23. The van der Waals surface area contributed by atoms with E-state index in [1.165, 1.54) is 10.9 Å². The van der Waals surface area contributed by atoms with E-state index < -0.39 is 0 Å². The minimum Gasteiger partial charge on any atom is -0.245 e. The Kier molecular flexibility index (Phi) is 2.71. The third kappa shape index (κ3) is 1.72. The lowest BCUT2D eigenvalue weighted by atomic mass is 10.1. The van der Waals surface area contributed by atoms with Crippen LogP contribution in [0.4, 0.5) is 4.79 Å². The molecule has 1 atom stereocenters. The molecule has 0 radical (unpaired) electrons. The molecule has 1 amide bonds. The van der Waals surface area contributed by atoms with Crippen molar-refractivity contribution in [2.75, 3.05) is 7.05 Å². The summed E-state index contributed by atoms with van der Waals surface area (Å²) in [5.41, 5.74) is 1.96. The second-order valence-corrected chi connectivity index (χ2v) is 4.70. The highest BCUT2D eigenvalue weighted by Crippen LogP contribution is 2.30. The van der Waals surface area contributed by atoms with E-state index >= 15 is 0 Å². The van der Waals surface area contributed by atoms with Crippen LogP contribution >= 0.6 is 0 Å². The zero-order chi connectivity index (χ0) is 12.6. The molecular formula is C12H17N4O+. The molecule has 0 saturated heterocycles. The van der Waals surface area contributed by atoms with E-state index in [-0.39, 0.29) is 16.4 Å². The quantitative estimate of drug-likeness (QED) is 0.698. The first kappa shape index (κ1) is 11.7. The van der Waals surface area contributed by atoms with Crippen molar-refractivity contribution in [1.82, 2.24) is 9.55 Å². The fourth-order valence-corrected chi connectivity index (χ4v) is 2.39. The van der Waals surface area contributed by atoms with Crippen molar-refractivity contribution in [2.24, 2.45) is 10.9 Å². The molecule has 90 valence electrons. The number of nitrogens with zero attached hydrogens (tertiary/aromatic N) is 4. The Bertz CT molecular complexity index is 499. The van der Waals surface area contributed by atoms with Gasteiger partial charge in [0, 0.05) is 18.3 Å². The molecule has 0 saturated carbocycles. The minimum absolute atomic E-state index is 0.0631. The molecule has 0 aromatic carbocycles. The Morgan fingerprint density at radius 2 is 2.18 bits per heavy atom. The first-order valence-corrected chi connectivity index (χ1v) is 5.62. The smallest absolute Gasteiger partial charge is 0.245 e. The zero-order valence-electron chi connectivity index (χ0n) is 10.6. The van der Waals surface area contributed by atoms with Crippen LogP contribution in [0.3, 0.4) is 0 Å². The molecule has 0 aliphatic carbocycles. The number of carbonyl (C=O) groups excluding carboxylic acids is 1.